The van der Waals surface area contributed by atoms with Crippen molar-refractivity contribution in [2.45, 2.75) is 19.8 Å². The minimum Gasteiger partial charge on any atom is -0.355 e. The number of nitrogens with zero attached hydrogens (tertiary/aromatic N) is 3. The van der Waals surface area contributed by atoms with Crippen molar-refractivity contribution in [3.8, 4) is 0 Å². The number of carbonyl (C=O) groups is 2. The molecule has 136 valence electrons. The number of hydrogen-bond acceptors (Lipinski definition) is 5. The summed E-state index contributed by atoms with van der Waals surface area (Å²) in [6, 6.07) is 5.00. The van der Waals surface area contributed by atoms with Gasteiger partial charge in [0.2, 0.25) is 11.8 Å². The van der Waals surface area contributed by atoms with Crippen LogP contribution in [0.4, 0.5) is 17.2 Å². The van der Waals surface area contributed by atoms with Crippen LogP contribution in [0, 0.1) is 5.92 Å². The molecule has 0 spiro atoms. The Labute approximate surface area is 156 Å². The van der Waals surface area contributed by atoms with Gasteiger partial charge in [0.15, 0.2) is 0 Å². The number of amides is 2. The highest BCUT2D eigenvalue weighted by Crippen LogP contribution is 2.28. The molecule has 0 unspecified atom stereocenters. The summed E-state index contributed by atoms with van der Waals surface area (Å²) in [7, 11) is 0. The summed E-state index contributed by atoms with van der Waals surface area (Å²) >= 11 is 6.18. The van der Waals surface area contributed by atoms with Crippen LogP contribution in [0.1, 0.15) is 19.8 Å². The first-order valence-corrected chi connectivity index (χ1v) is 8.79. The highest BCUT2D eigenvalue weighted by atomic mass is 35.5. The van der Waals surface area contributed by atoms with E-state index in [1.165, 1.54) is 6.92 Å². The van der Waals surface area contributed by atoms with E-state index in [-0.39, 0.29) is 17.7 Å². The molecule has 1 aromatic heterocycles. The maximum atomic E-state index is 12.7. The smallest absolute Gasteiger partial charge is 0.229 e. The summed E-state index contributed by atoms with van der Waals surface area (Å²) in [4.78, 5) is 34.4. The zero-order chi connectivity index (χ0) is 18.5. The summed E-state index contributed by atoms with van der Waals surface area (Å²) in [5, 5.41) is 5.99. The van der Waals surface area contributed by atoms with Gasteiger partial charge in [-0.1, -0.05) is 11.6 Å². The van der Waals surface area contributed by atoms with Gasteiger partial charge in [0.1, 0.15) is 5.82 Å². The van der Waals surface area contributed by atoms with E-state index in [1.54, 1.807) is 36.8 Å². The molecule has 1 aliphatic rings. The lowest BCUT2D eigenvalue weighted by molar-refractivity contribution is -0.120. The van der Waals surface area contributed by atoms with E-state index in [0.29, 0.717) is 22.9 Å². The van der Waals surface area contributed by atoms with Crippen LogP contribution in [-0.2, 0) is 9.59 Å². The largest absolute Gasteiger partial charge is 0.355 e. The number of aromatic nitrogens is 2. The van der Waals surface area contributed by atoms with Crippen molar-refractivity contribution in [1.82, 2.24) is 9.97 Å². The van der Waals surface area contributed by atoms with Crippen molar-refractivity contribution in [2.75, 3.05) is 28.6 Å². The predicted molar refractivity (Wildman–Crippen MR) is 101 cm³/mol. The molecule has 2 aromatic rings. The number of benzene rings is 1. The number of piperidine rings is 1. The van der Waals surface area contributed by atoms with Crippen LogP contribution in [0.2, 0.25) is 5.02 Å². The quantitative estimate of drug-likeness (QED) is 0.860. The van der Waals surface area contributed by atoms with Gasteiger partial charge in [-0.2, -0.15) is 0 Å². The molecule has 0 radical (unpaired) electrons. The topological polar surface area (TPSA) is 87.2 Å². The molecule has 8 heteroatoms. The van der Waals surface area contributed by atoms with Crippen molar-refractivity contribution in [3.63, 3.8) is 0 Å². The zero-order valence-electron chi connectivity index (χ0n) is 14.4. The highest BCUT2D eigenvalue weighted by molar-refractivity contribution is 6.33. The third kappa shape index (κ3) is 4.49. The summed E-state index contributed by atoms with van der Waals surface area (Å²) in [5.74, 6) is 0.318. The molecule has 26 heavy (non-hydrogen) atoms. The van der Waals surface area contributed by atoms with Gasteiger partial charge < -0.3 is 15.5 Å². The molecule has 2 N–H and O–H groups in total. The number of rotatable bonds is 4. The zero-order valence-corrected chi connectivity index (χ0v) is 15.2. The SMILES string of the molecule is CC(=O)Nc1ccc(Cl)c(NC(=O)[C@H]2CCCN(c3cnccn3)C2)c1. The van der Waals surface area contributed by atoms with E-state index in [4.69, 9.17) is 11.6 Å². The van der Waals surface area contributed by atoms with Gasteiger partial charge in [-0.05, 0) is 31.0 Å². The van der Waals surface area contributed by atoms with Gasteiger partial charge in [0.25, 0.3) is 0 Å². The Hall–Kier alpha value is -2.67. The normalized spacial score (nSPS) is 16.8. The third-order valence-corrected chi connectivity index (χ3v) is 4.54. The maximum Gasteiger partial charge on any atom is 0.229 e. The van der Waals surface area contributed by atoms with Gasteiger partial charge >= 0.3 is 0 Å². The molecule has 1 saturated heterocycles. The van der Waals surface area contributed by atoms with E-state index in [1.807, 2.05) is 0 Å². The van der Waals surface area contributed by atoms with Crippen molar-refractivity contribution in [3.05, 3.63) is 41.8 Å². The second kappa shape index (κ2) is 8.14. The molecule has 3 rings (SSSR count). The Kier molecular flexibility index (Phi) is 5.68. The monoisotopic (exact) mass is 373 g/mol. The van der Waals surface area contributed by atoms with Crippen molar-refractivity contribution in [1.29, 1.82) is 0 Å². The van der Waals surface area contributed by atoms with E-state index in [9.17, 15) is 9.59 Å². The van der Waals surface area contributed by atoms with Gasteiger partial charge in [-0.25, -0.2) is 4.98 Å². The fourth-order valence-electron chi connectivity index (χ4n) is 2.99. The first kappa shape index (κ1) is 18.1. The van der Waals surface area contributed by atoms with E-state index in [2.05, 4.69) is 25.5 Å². The lowest BCUT2D eigenvalue weighted by atomic mass is 9.97. The number of halogens is 1. The van der Waals surface area contributed by atoms with Gasteiger partial charge in [0.05, 0.1) is 22.8 Å². The van der Waals surface area contributed by atoms with E-state index in [0.717, 1.165) is 25.2 Å². The fourth-order valence-corrected chi connectivity index (χ4v) is 3.16. The first-order valence-electron chi connectivity index (χ1n) is 8.42. The number of anilines is 3. The molecule has 1 aliphatic heterocycles. The Morgan fingerprint density at radius 3 is 2.85 bits per heavy atom. The molecule has 1 aromatic carbocycles. The molecule has 0 bridgehead atoms. The second-order valence-corrected chi connectivity index (χ2v) is 6.62. The Bertz CT molecular complexity index is 799. The maximum absolute atomic E-state index is 12.7. The average molecular weight is 374 g/mol. The van der Waals surface area contributed by atoms with Gasteiger partial charge in [-0.15, -0.1) is 0 Å². The molecule has 0 aliphatic carbocycles. The number of carbonyl (C=O) groups excluding carboxylic acids is 2. The Morgan fingerprint density at radius 1 is 1.27 bits per heavy atom. The molecular formula is C18H20ClN5O2. The van der Waals surface area contributed by atoms with Crippen LogP contribution in [0.5, 0.6) is 0 Å². The minimum atomic E-state index is -0.184. The summed E-state index contributed by atoms with van der Waals surface area (Å²) in [6.45, 7) is 2.85. The van der Waals surface area contributed by atoms with Crippen LogP contribution in [0.15, 0.2) is 36.8 Å². The molecule has 2 heterocycles. The van der Waals surface area contributed by atoms with Crippen molar-refractivity contribution < 1.29 is 9.59 Å². The summed E-state index contributed by atoms with van der Waals surface area (Å²) in [5.41, 5.74) is 1.07. The Morgan fingerprint density at radius 2 is 2.12 bits per heavy atom. The first-order chi connectivity index (χ1) is 12.5. The molecule has 7 nitrogen and oxygen atoms in total. The average Bonchev–Trinajstić information content (AvgIpc) is 2.65. The van der Waals surface area contributed by atoms with Gasteiger partial charge in [0, 0.05) is 38.1 Å². The van der Waals surface area contributed by atoms with Crippen LogP contribution in [0.3, 0.4) is 0 Å². The highest BCUT2D eigenvalue weighted by Gasteiger charge is 2.27. The van der Waals surface area contributed by atoms with Gasteiger partial charge in [-0.3, -0.25) is 14.6 Å². The standard InChI is InChI=1S/C18H20ClN5O2/c1-12(25)22-14-4-5-15(19)16(9-14)23-18(26)13-3-2-8-24(11-13)17-10-20-6-7-21-17/h4-7,9-10,13H,2-3,8,11H2,1H3,(H,22,25)(H,23,26)/t13-/m0/s1. The number of nitrogens with one attached hydrogen (secondary N) is 2. The lowest BCUT2D eigenvalue weighted by Crippen LogP contribution is -2.41. The van der Waals surface area contributed by atoms with Crippen LogP contribution >= 0.6 is 11.6 Å². The fraction of sp³-hybridized carbons (Fsp3) is 0.333. The minimum absolute atomic E-state index is 0.0968. The predicted octanol–water partition coefficient (Wildman–Crippen LogP) is 2.94. The third-order valence-electron chi connectivity index (χ3n) is 4.21. The Balaban J connectivity index is 1.68. The molecule has 1 fully saturated rings. The van der Waals surface area contributed by atoms with E-state index < -0.39 is 0 Å². The lowest BCUT2D eigenvalue weighted by Gasteiger charge is -2.32. The van der Waals surface area contributed by atoms with Crippen LogP contribution in [0.25, 0.3) is 0 Å². The second-order valence-electron chi connectivity index (χ2n) is 6.21. The molecular weight excluding hydrogens is 354 g/mol. The summed E-state index contributed by atoms with van der Waals surface area (Å²) in [6.07, 6.45) is 6.67. The van der Waals surface area contributed by atoms with E-state index >= 15 is 0 Å². The van der Waals surface area contributed by atoms with Crippen molar-refractivity contribution >= 4 is 40.6 Å². The molecule has 2 amide bonds. The number of hydrogen-bond donors (Lipinski definition) is 2. The van der Waals surface area contributed by atoms with Crippen LogP contribution < -0.4 is 15.5 Å². The molecule has 1 atom stereocenters. The summed E-state index contributed by atoms with van der Waals surface area (Å²) < 4.78 is 0. The van der Waals surface area contributed by atoms with Crippen molar-refractivity contribution in [2.24, 2.45) is 5.92 Å². The molecule has 0 saturated carbocycles. The van der Waals surface area contributed by atoms with Crippen LogP contribution in [-0.4, -0.2) is 34.9 Å².